The van der Waals surface area contributed by atoms with Gasteiger partial charge in [0.2, 0.25) is 0 Å². The molecule has 1 amide bonds. The molecular formula is C20H20N4O2. The lowest BCUT2D eigenvalue weighted by Crippen LogP contribution is -2.36. The number of benzene rings is 1. The number of hydrogen-bond donors (Lipinski definition) is 1. The van der Waals surface area contributed by atoms with Crippen molar-refractivity contribution in [2.75, 3.05) is 25.0 Å². The first-order chi connectivity index (χ1) is 12.7. The summed E-state index contributed by atoms with van der Waals surface area (Å²) in [4.78, 5) is 18.5. The molecule has 0 bridgehead atoms. The van der Waals surface area contributed by atoms with Crippen LogP contribution in [0.1, 0.15) is 28.8 Å². The minimum absolute atomic E-state index is 0.0108. The van der Waals surface area contributed by atoms with E-state index in [1.807, 2.05) is 23.1 Å². The fraction of sp³-hybridized carbons (Fsp3) is 0.350. The lowest BCUT2D eigenvalue weighted by atomic mass is 9.97. The number of anilines is 1. The molecule has 4 rings (SSSR count). The van der Waals surface area contributed by atoms with E-state index in [2.05, 4.69) is 16.4 Å². The van der Waals surface area contributed by atoms with E-state index in [0.29, 0.717) is 30.8 Å². The SMILES string of the molecule is N#Cc1cccc(N[C@H]2CO[C@]3(CCN(C(=O)c4cccnc4)C3)C2)c1. The molecule has 0 saturated carbocycles. The van der Waals surface area contributed by atoms with Gasteiger partial charge in [0.15, 0.2) is 0 Å². The highest BCUT2D eigenvalue weighted by molar-refractivity contribution is 5.94. The normalized spacial score (nSPS) is 24.6. The zero-order valence-corrected chi connectivity index (χ0v) is 14.4. The Morgan fingerprint density at radius 2 is 2.31 bits per heavy atom. The van der Waals surface area contributed by atoms with Crippen molar-refractivity contribution in [3.05, 3.63) is 59.9 Å². The Labute approximate surface area is 152 Å². The van der Waals surface area contributed by atoms with Gasteiger partial charge in [0, 0.05) is 31.0 Å². The van der Waals surface area contributed by atoms with E-state index in [1.54, 1.807) is 30.6 Å². The van der Waals surface area contributed by atoms with E-state index in [1.165, 1.54) is 0 Å². The van der Waals surface area contributed by atoms with Crippen molar-refractivity contribution in [1.29, 1.82) is 5.26 Å². The quantitative estimate of drug-likeness (QED) is 0.922. The second-order valence-electron chi connectivity index (χ2n) is 6.95. The molecule has 2 saturated heterocycles. The van der Waals surface area contributed by atoms with E-state index in [9.17, 15) is 4.79 Å². The van der Waals surface area contributed by atoms with E-state index in [0.717, 1.165) is 18.5 Å². The zero-order valence-electron chi connectivity index (χ0n) is 14.4. The summed E-state index contributed by atoms with van der Waals surface area (Å²) in [6.07, 6.45) is 4.96. The molecule has 2 aliphatic rings. The fourth-order valence-electron chi connectivity index (χ4n) is 3.83. The second kappa shape index (κ2) is 6.77. The average molecular weight is 348 g/mol. The number of amides is 1. The van der Waals surface area contributed by atoms with Gasteiger partial charge in [-0.1, -0.05) is 6.07 Å². The summed E-state index contributed by atoms with van der Waals surface area (Å²) >= 11 is 0. The van der Waals surface area contributed by atoms with E-state index in [-0.39, 0.29) is 17.6 Å². The molecule has 2 atom stereocenters. The summed E-state index contributed by atoms with van der Waals surface area (Å²) < 4.78 is 6.12. The van der Waals surface area contributed by atoms with E-state index < -0.39 is 0 Å². The topological polar surface area (TPSA) is 78.2 Å². The summed E-state index contributed by atoms with van der Waals surface area (Å²) in [5, 5.41) is 12.5. The Bertz CT molecular complexity index is 848. The second-order valence-corrected chi connectivity index (χ2v) is 6.95. The van der Waals surface area contributed by atoms with Gasteiger partial charge in [0.1, 0.15) is 0 Å². The van der Waals surface area contributed by atoms with Crippen molar-refractivity contribution in [3.63, 3.8) is 0 Å². The Balaban J connectivity index is 1.39. The van der Waals surface area contributed by atoms with Gasteiger partial charge >= 0.3 is 0 Å². The minimum Gasteiger partial charge on any atom is -0.380 e. The van der Waals surface area contributed by atoms with Gasteiger partial charge < -0.3 is 15.0 Å². The fourth-order valence-corrected chi connectivity index (χ4v) is 3.83. The number of nitrogens with zero attached hydrogens (tertiary/aromatic N) is 3. The zero-order chi connectivity index (χ0) is 18.0. The maximum Gasteiger partial charge on any atom is 0.255 e. The molecule has 26 heavy (non-hydrogen) atoms. The number of rotatable bonds is 3. The number of carbonyl (C=O) groups excluding carboxylic acids is 1. The van der Waals surface area contributed by atoms with Gasteiger partial charge in [-0.3, -0.25) is 9.78 Å². The predicted molar refractivity (Wildman–Crippen MR) is 96.6 cm³/mol. The van der Waals surface area contributed by atoms with Crippen molar-refractivity contribution < 1.29 is 9.53 Å². The Kier molecular flexibility index (Phi) is 4.31. The van der Waals surface area contributed by atoms with Crippen molar-refractivity contribution >= 4 is 11.6 Å². The molecule has 0 radical (unpaired) electrons. The average Bonchev–Trinajstić information content (AvgIpc) is 3.28. The minimum atomic E-state index is -0.275. The molecule has 1 N–H and O–H groups in total. The Morgan fingerprint density at radius 3 is 3.12 bits per heavy atom. The molecule has 6 nitrogen and oxygen atoms in total. The number of ether oxygens (including phenoxy) is 1. The summed E-state index contributed by atoms with van der Waals surface area (Å²) in [7, 11) is 0. The van der Waals surface area contributed by atoms with Crippen LogP contribution in [0.2, 0.25) is 0 Å². The molecule has 6 heteroatoms. The molecule has 1 aromatic heterocycles. The number of nitrogens with one attached hydrogen (secondary N) is 1. The van der Waals surface area contributed by atoms with Gasteiger partial charge in [-0.25, -0.2) is 0 Å². The van der Waals surface area contributed by atoms with Gasteiger partial charge in [0.25, 0.3) is 5.91 Å². The van der Waals surface area contributed by atoms with Crippen LogP contribution >= 0.6 is 0 Å². The van der Waals surface area contributed by atoms with Crippen LogP contribution in [0.3, 0.4) is 0 Å². The predicted octanol–water partition coefficient (Wildman–Crippen LogP) is 2.44. The maximum absolute atomic E-state index is 12.6. The smallest absolute Gasteiger partial charge is 0.255 e. The Hall–Kier alpha value is -2.91. The van der Waals surface area contributed by atoms with E-state index >= 15 is 0 Å². The Morgan fingerprint density at radius 1 is 1.38 bits per heavy atom. The van der Waals surface area contributed by atoms with Crippen LogP contribution in [0.15, 0.2) is 48.8 Å². The van der Waals surface area contributed by atoms with Gasteiger partial charge in [-0.05, 0) is 36.8 Å². The lowest BCUT2D eigenvalue weighted by Gasteiger charge is -2.23. The van der Waals surface area contributed by atoms with Crippen LogP contribution < -0.4 is 5.32 Å². The first-order valence-electron chi connectivity index (χ1n) is 8.77. The standard InChI is InChI=1S/C20H20N4O2/c21-11-15-3-1-5-17(9-15)23-18-10-20(26-13-18)6-8-24(14-20)19(25)16-4-2-7-22-12-16/h1-5,7,9,12,18,23H,6,8,10,13-14H2/t18-,20-/m1/s1. The summed E-state index contributed by atoms with van der Waals surface area (Å²) in [5.41, 5.74) is 1.90. The number of aromatic nitrogens is 1. The molecule has 3 heterocycles. The van der Waals surface area contributed by atoms with Gasteiger partial charge in [-0.2, -0.15) is 5.26 Å². The highest BCUT2D eigenvalue weighted by Gasteiger charge is 2.46. The van der Waals surface area contributed by atoms with Crippen LogP contribution in [-0.4, -0.2) is 47.1 Å². The summed E-state index contributed by atoms with van der Waals surface area (Å²) in [6.45, 7) is 1.91. The molecule has 2 fully saturated rings. The maximum atomic E-state index is 12.6. The summed E-state index contributed by atoms with van der Waals surface area (Å²) in [5.74, 6) is 0.0108. The molecule has 132 valence electrons. The van der Waals surface area contributed by atoms with Crippen LogP contribution in [0.5, 0.6) is 0 Å². The highest BCUT2D eigenvalue weighted by Crippen LogP contribution is 2.36. The number of nitriles is 1. The van der Waals surface area contributed by atoms with Crippen molar-refractivity contribution in [2.24, 2.45) is 0 Å². The molecule has 1 spiro atoms. The third-order valence-electron chi connectivity index (χ3n) is 5.08. The first-order valence-corrected chi connectivity index (χ1v) is 8.77. The molecule has 1 aromatic carbocycles. The van der Waals surface area contributed by atoms with Crippen molar-refractivity contribution in [2.45, 2.75) is 24.5 Å². The number of carbonyl (C=O) groups is 1. The number of pyridine rings is 1. The van der Waals surface area contributed by atoms with E-state index in [4.69, 9.17) is 10.00 Å². The van der Waals surface area contributed by atoms with Crippen LogP contribution in [0.25, 0.3) is 0 Å². The van der Waals surface area contributed by atoms with Crippen LogP contribution in [-0.2, 0) is 4.74 Å². The molecule has 2 aliphatic heterocycles. The van der Waals surface area contributed by atoms with Gasteiger partial charge in [0.05, 0.1) is 42.0 Å². The highest BCUT2D eigenvalue weighted by atomic mass is 16.5. The molecule has 0 unspecified atom stereocenters. The summed E-state index contributed by atoms with van der Waals surface area (Å²) in [6, 6.07) is 13.4. The third-order valence-corrected chi connectivity index (χ3v) is 5.08. The first kappa shape index (κ1) is 16.6. The van der Waals surface area contributed by atoms with Crippen LogP contribution in [0.4, 0.5) is 5.69 Å². The molecule has 2 aromatic rings. The van der Waals surface area contributed by atoms with Crippen molar-refractivity contribution in [3.8, 4) is 6.07 Å². The van der Waals surface area contributed by atoms with Crippen LogP contribution in [0, 0.1) is 11.3 Å². The molecule has 0 aliphatic carbocycles. The molecular weight excluding hydrogens is 328 g/mol. The lowest BCUT2D eigenvalue weighted by molar-refractivity contribution is 0.0125. The van der Waals surface area contributed by atoms with Gasteiger partial charge in [-0.15, -0.1) is 0 Å². The van der Waals surface area contributed by atoms with Crippen molar-refractivity contribution in [1.82, 2.24) is 9.88 Å². The number of hydrogen-bond acceptors (Lipinski definition) is 5. The monoisotopic (exact) mass is 348 g/mol. The number of likely N-dealkylation sites (tertiary alicyclic amines) is 1. The largest absolute Gasteiger partial charge is 0.380 e. The third kappa shape index (κ3) is 3.26.